The maximum absolute atomic E-state index is 3.79. The van der Waals surface area contributed by atoms with Crippen LogP contribution in [0.15, 0.2) is 12.7 Å². The summed E-state index contributed by atoms with van der Waals surface area (Å²) in [7, 11) is 0. The molecule has 3 atom stereocenters. The van der Waals surface area contributed by atoms with Crippen LogP contribution in [0.1, 0.15) is 38.5 Å². The molecule has 0 aromatic rings. The van der Waals surface area contributed by atoms with Crippen molar-refractivity contribution in [2.24, 2.45) is 5.92 Å². The minimum absolute atomic E-state index is 0.768. The topological polar surface area (TPSA) is 24.1 Å². The second-order valence-corrected chi connectivity index (χ2v) is 6.73. The van der Waals surface area contributed by atoms with Crippen LogP contribution >= 0.6 is 11.8 Å². The molecule has 1 saturated heterocycles. The normalized spacial score (nSPS) is 32.6. The minimum atomic E-state index is 0.768. The van der Waals surface area contributed by atoms with Crippen LogP contribution in [0.4, 0.5) is 0 Å². The summed E-state index contributed by atoms with van der Waals surface area (Å²) in [6.45, 7) is 6.16. The Morgan fingerprint density at radius 3 is 2.94 bits per heavy atom. The molecule has 2 nitrogen and oxygen atoms in total. The lowest BCUT2D eigenvalue weighted by molar-refractivity contribution is 0.259. The first kappa shape index (κ1) is 14.4. The maximum atomic E-state index is 3.79. The van der Waals surface area contributed by atoms with E-state index in [9.17, 15) is 0 Å². The van der Waals surface area contributed by atoms with Crippen molar-refractivity contribution in [3.63, 3.8) is 0 Å². The zero-order valence-electron chi connectivity index (χ0n) is 11.5. The summed E-state index contributed by atoms with van der Waals surface area (Å²) in [5, 5.41) is 7.54. The average molecular weight is 268 g/mol. The quantitative estimate of drug-likeness (QED) is 0.548. The number of hydrogen-bond donors (Lipinski definition) is 2. The second kappa shape index (κ2) is 8.23. The summed E-state index contributed by atoms with van der Waals surface area (Å²) in [6.07, 6.45) is 10.4. The molecule has 0 bridgehead atoms. The molecule has 0 aromatic heterocycles. The second-order valence-electron chi connectivity index (χ2n) is 5.58. The molecule has 1 heterocycles. The van der Waals surface area contributed by atoms with Crippen LogP contribution in [0.3, 0.4) is 0 Å². The van der Waals surface area contributed by atoms with Gasteiger partial charge in [-0.25, -0.2) is 0 Å². The van der Waals surface area contributed by atoms with Gasteiger partial charge in [0.25, 0.3) is 0 Å². The highest BCUT2D eigenvalue weighted by atomic mass is 32.2. The van der Waals surface area contributed by atoms with Gasteiger partial charge in [0.1, 0.15) is 0 Å². The number of rotatable bonds is 7. The summed E-state index contributed by atoms with van der Waals surface area (Å²) in [5.74, 6) is 3.18. The van der Waals surface area contributed by atoms with E-state index in [0.29, 0.717) is 0 Å². The van der Waals surface area contributed by atoms with Crippen molar-refractivity contribution in [3.05, 3.63) is 12.7 Å². The third-order valence-electron chi connectivity index (χ3n) is 4.32. The van der Waals surface area contributed by atoms with Gasteiger partial charge < -0.3 is 10.6 Å². The Hall–Kier alpha value is 0.01000. The van der Waals surface area contributed by atoms with Crippen LogP contribution in [0.25, 0.3) is 0 Å². The number of hydrogen-bond acceptors (Lipinski definition) is 3. The van der Waals surface area contributed by atoms with Crippen LogP contribution in [0.5, 0.6) is 0 Å². The SMILES string of the molecule is C=CCSCCNC1CCCC1C1CCCCN1. The third kappa shape index (κ3) is 4.29. The summed E-state index contributed by atoms with van der Waals surface area (Å²) < 4.78 is 0. The lowest BCUT2D eigenvalue weighted by atomic mass is 9.88. The Balaban J connectivity index is 1.68. The predicted molar refractivity (Wildman–Crippen MR) is 82.3 cm³/mol. The van der Waals surface area contributed by atoms with Gasteiger partial charge in [0.05, 0.1) is 0 Å². The lowest BCUT2D eigenvalue weighted by Gasteiger charge is -2.33. The number of piperidine rings is 1. The van der Waals surface area contributed by atoms with E-state index in [1.54, 1.807) is 0 Å². The number of thioether (sulfide) groups is 1. The van der Waals surface area contributed by atoms with Gasteiger partial charge in [-0.05, 0) is 38.1 Å². The molecule has 3 unspecified atom stereocenters. The van der Waals surface area contributed by atoms with Crippen molar-refractivity contribution in [2.75, 3.05) is 24.6 Å². The van der Waals surface area contributed by atoms with Crippen LogP contribution in [0, 0.1) is 5.92 Å². The monoisotopic (exact) mass is 268 g/mol. The fourth-order valence-corrected chi connectivity index (χ4v) is 4.05. The van der Waals surface area contributed by atoms with Gasteiger partial charge >= 0.3 is 0 Å². The molecule has 0 aromatic carbocycles. The van der Waals surface area contributed by atoms with Crippen molar-refractivity contribution in [1.29, 1.82) is 0 Å². The predicted octanol–water partition coefficient (Wildman–Crippen LogP) is 2.81. The molecule has 0 spiro atoms. The molecule has 2 aliphatic rings. The third-order valence-corrected chi connectivity index (χ3v) is 5.29. The molecule has 0 amide bonds. The summed E-state index contributed by atoms with van der Waals surface area (Å²) >= 11 is 1.98. The van der Waals surface area contributed by atoms with E-state index in [4.69, 9.17) is 0 Å². The first-order valence-corrected chi connectivity index (χ1v) is 8.72. The summed E-state index contributed by atoms with van der Waals surface area (Å²) in [6, 6.07) is 1.56. The van der Waals surface area contributed by atoms with E-state index in [-0.39, 0.29) is 0 Å². The Morgan fingerprint density at radius 2 is 2.17 bits per heavy atom. The highest BCUT2D eigenvalue weighted by molar-refractivity contribution is 7.99. The first-order valence-electron chi connectivity index (χ1n) is 7.57. The van der Waals surface area contributed by atoms with Gasteiger partial charge in [-0.2, -0.15) is 11.8 Å². The molecule has 1 saturated carbocycles. The molecule has 2 fully saturated rings. The lowest BCUT2D eigenvalue weighted by Crippen LogP contribution is -2.47. The van der Waals surface area contributed by atoms with Crippen LogP contribution in [-0.2, 0) is 0 Å². The van der Waals surface area contributed by atoms with Gasteiger partial charge in [-0.3, -0.25) is 0 Å². The fourth-order valence-electron chi connectivity index (χ4n) is 3.45. The molecule has 1 aliphatic heterocycles. The van der Waals surface area contributed by atoms with Crippen molar-refractivity contribution in [2.45, 2.75) is 50.6 Å². The molecule has 18 heavy (non-hydrogen) atoms. The van der Waals surface area contributed by atoms with Crippen molar-refractivity contribution in [1.82, 2.24) is 10.6 Å². The highest BCUT2D eigenvalue weighted by Crippen LogP contribution is 2.31. The van der Waals surface area contributed by atoms with Gasteiger partial charge in [-0.1, -0.05) is 18.9 Å². The molecular formula is C15H28N2S. The van der Waals surface area contributed by atoms with Crippen molar-refractivity contribution >= 4 is 11.8 Å². The maximum Gasteiger partial charge on any atom is 0.0111 e. The smallest absolute Gasteiger partial charge is 0.0111 e. The fraction of sp³-hybridized carbons (Fsp3) is 0.867. The molecule has 2 N–H and O–H groups in total. The number of nitrogens with one attached hydrogen (secondary N) is 2. The van der Waals surface area contributed by atoms with Crippen LogP contribution in [-0.4, -0.2) is 36.7 Å². The molecule has 1 aliphatic carbocycles. The molecule has 0 radical (unpaired) electrons. The first-order chi connectivity index (χ1) is 8.92. The summed E-state index contributed by atoms with van der Waals surface area (Å²) in [5.41, 5.74) is 0. The van der Waals surface area contributed by atoms with E-state index in [1.165, 1.54) is 50.8 Å². The van der Waals surface area contributed by atoms with E-state index in [2.05, 4.69) is 17.2 Å². The minimum Gasteiger partial charge on any atom is -0.314 e. The van der Waals surface area contributed by atoms with E-state index >= 15 is 0 Å². The Kier molecular flexibility index (Phi) is 6.60. The molecule has 3 heteroatoms. The highest BCUT2D eigenvalue weighted by Gasteiger charge is 2.33. The Bertz CT molecular complexity index is 239. The Labute approximate surface area is 116 Å². The molecule has 2 rings (SSSR count). The molecule has 104 valence electrons. The van der Waals surface area contributed by atoms with Gasteiger partial charge in [0.2, 0.25) is 0 Å². The van der Waals surface area contributed by atoms with Crippen molar-refractivity contribution < 1.29 is 0 Å². The van der Waals surface area contributed by atoms with Crippen LogP contribution in [0.2, 0.25) is 0 Å². The van der Waals surface area contributed by atoms with Crippen LogP contribution < -0.4 is 10.6 Å². The average Bonchev–Trinajstić information content (AvgIpc) is 2.88. The van der Waals surface area contributed by atoms with Gasteiger partial charge in [0.15, 0.2) is 0 Å². The van der Waals surface area contributed by atoms with Crippen molar-refractivity contribution in [3.8, 4) is 0 Å². The Morgan fingerprint density at radius 1 is 1.22 bits per heavy atom. The van der Waals surface area contributed by atoms with E-state index < -0.39 is 0 Å². The standard InChI is InChI=1S/C15H28N2S/c1-2-11-18-12-10-17-15-8-5-6-13(15)14-7-3-4-9-16-14/h2,13-17H,1,3-12H2. The zero-order chi connectivity index (χ0) is 12.6. The largest absolute Gasteiger partial charge is 0.314 e. The van der Waals surface area contributed by atoms with Gasteiger partial charge in [-0.15, -0.1) is 6.58 Å². The van der Waals surface area contributed by atoms with E-state index in [0.717, 1.165) is 30.3 Å². The zero-order valence-corrected chi connectivity index (χ0v) is 12.3. The van der Waals surface area contributed by atoms with E-state index in [1.807, 2.05) is 17.8 Å². The molecular weight excluding hydrogens is 240 g/mol. The van der Waals surface area contributed by atoms with Gasteiger partial charge in [0, 0.05) is 30.1 Å². The summed E-state index contributed by atoms with van der Waals surface area (Å²) in [4.78, 5) is 0.